The maximum Gasteiger partial charge on any atom is 0.411 e. The van der Waals surface area contributed by atoms with E-state index in [-0.39, 0.29) is 6.61 Å². The normalized spacial score (nSPS) is 25.3. The standard InChI is InChI=1S/C13H24F3NO/c1-2-17-12-8-4-3-6-11(12)7-5-9-18-10-13(14,15)16/h11-12,17H,2-10H2,1H3. The third kappa shape index (κ3) is 6.59. The van der Waals surface area contributed by atoms with Crippen molar-refractivity contribution >= 4 is 0 Å². The summed E-state index contributed by atoms with van der Waals surface area (Å²) in [5.41, 5.74) is 0. The second-order valence-electron chi connectivity index (χ2n) is 5.02. The lowest BCUT2D eigenvalue weighted by Gasteiger charge is -2.32. The van der Waals surface area contributed by atoms with Crippen LogP contribution < -0.4 is 5.32 Å². The molecule has 2 atom stereocenters. The summed E-state index contributed by atoms with van der Waals surface area (Å²) in [5, 5.41) is 3.48. The van der Waals surface area contributed by atoms with E-state index in [1.165, 1.54) is 25.7 Å². The monoisotopic (exact) mass is 267 g/mol. The second-order valence-corrected chi connectivity index (χ2v) is 5.02. The molecule has 0 saturated heterocycles. The van der Waals surface area contributed by atoms with E-state index in [1.54, 1.807) is 0 Å². The Kier molecular flexibility index (Phi) is 7.00. The fourth-order valence-electron chi connectivity index (χ4n) is 2.72. The van der Waals surface area contributed by atoms with E-state index < -0.39 is 12.8 Å². The number of alkyl halides is 3. The number of ether oxygens (including phenoxy) is 1. The quantitative estimate of drug-likeness (QED) is 0.713. The van der Waals surface area contributed by atoms with Gasteiger partial charge < -0.3 is 10.1 Å². The van der Waals surface area contributed by atoms with Crippen molar-refractivity contribution in [1.82, 2.24) is 5.32 Å². The summed E-state index contributed by atoms with van der Waals surface area (Å²) in [7, 11) is 0. The Morgan fingerprint density at radius 1 is 1.22 bits per heavy atom. The lowest BCUT2D eigenvalue weighted by molar-refractivity contribution is -0.174. The Balaban J connectivity index is 2.12. The molecule has 0 aliphatic heterocycles. The van der Waals surface area contributed by atoms with Crippen LogP contribution in [0, 0.1) is 5.92 Å². The van der Waals surface area contributed by atoms with Crippen molar-refractivity contribution in [2.75, 3.05) is 19.8 Å². The summed E-state index contributed by atoms with van der Waals surface area (Å²) in [4.78, 5) is 0. The molecule has 2 nitrogen and oxygen atoms in total. The molecule has 0 aromatic heterocycles. The highest BCUT2D eigenvalue weighted by Crippen LogP contribution is 2.28. The van der Waals surface area contributed by atoms with Gasteiger partial charge in [0.05, 0.1) is 0 Å². The number of halogens is 3. The van der Waals surface area contributed by atoms with E-state index in [0.717, 1.165) is 19.4 Å². The average Bonchev–Trinajstić information content (AvgIpc) is 2.29. The molecule has 1 aliphatic carbocycles. The van der Waals surface area contributed by atoms with Crippen molar-refractivity contribution in [3.8, 4) is 0 Å². The lowest BCUT2D eigenvalue weighted by atomic mass is 9.82. The van der Waals surface area contributed by atoms with Gasteiger partial charge in [0.25, 0.3) is 0 Å². The van der Waals surface area contributed by atoms with Crippen LogP contribution in [0.4, 0.5) is 13.2 Å². The SMILES string of the molecule is CCNC1CCCCC1CCCOCC(F)(F)F. The molecule has 1 fully saturated rings. The summed E-state index contributed by atoms with van der Waals surface area (Å²) in [6.45, 7) is 2.16. The predicted octanol–water partition coefficient (Wildman–Crippen LogP) is 3.51. The molecule has 1 aliphatic rings. The molecule has 0 amide bonds. The van der Waals surface area contributed by atoms with E-state index in [2.05, 4.69) is 17.0 Å². The highest BCUT2D eigenvalue weighted by atomic mass is 19.4. The zero-order valence-corrected chi connectivity index (χ0v) is 11.1. The van der Waals surface area contributed by atoms with Gasteiger partial charge in [0, 0.05) is 12.6 Å². The van der Waals surface area contributed by atoms with Crippen molar-refractivity contribution in [2.24, 2.45) is 5.92 Å². The topological polar surface area (TPSA) is 21.3 Å². The van der Waals surface area contributed by atoms with Crippen molar-refractivity contribution in [3.63, 3.8) is 0 Å². The van der Waals surface area contributed by atoms with E-state index >= 15 is 0 Å². The van der Waals surface area contributed by atoms with Crippen LogP contribution in [0.15, 0.2) is 0 Å². The molecule has 108 valence electrons. The highest BCUT2D eigenvalue weighted by Gasteiger charge is 2.27. The van der Waals surface area contributed by atoms with Crippen LogP contribution in [-0.4, -0.2) is 32.0 Å². The van der Waals surface area contributed by atoms with Crippen LogP contribution in [0.5, 0.6) is 0 Å². The number of hydrogen-bond donors (Lipinski definition) is 1. The van der Waals surface area contributed by atoms with Gasteiger partial charge in [-0.15, -0.1) is 0 Å². The summed E-state index contributed by atoms with van der Waals surface area (Å²) in [6, 6.07) is 0.548. The molecule has 18 heavy (non-hydrogen) atoms. The predicted molar refractivity (Wildman–Crippen MR) is 65.5 cm³/mol. The Bertz CT molecular complexity index is 219. The molecular formula is C13H24F3NO. The average molecular weight is 267 g/mol. The summed E-state index contributed by atoms with van der Waals surface area (Å²) in [6.07, 6.45) is 2.39. The lowest BCUT2D eigenvalue weighted by Crippen LogP contribution is -2.38. The molecule has 2 unspecified atom stereocenters. The first-order valence-electron chi connectivity index (χ1n) is 6.91. The first-order valence-corrected chi connectivity index (χ1v) is 6.91. The first-order chi connectivity index (χ1) is 8.53. The van der Waals surface area contributed by atoms with Crippen molar-refractivity contribution < 1.29 is 17.9 Å². The molecule has 1 rings (SSSR count). The molecule has 0 heterocycles. The van der Waals surface area contributed by atoms with Crippen molar-refractivity contribution in [2.45, 2.75) is 57.7 Å². The molecular weight excluding hydrogens is 243 g/mol. The molecule has 1 saturated carbocycles. The zero-order valence-electron chi connectivity index (χ0n) is 11.1. The molecule has 0 spiro atoms. The molecule has 1 N–H and O–H groups in total. The third-order valence-corrected chi connectivity index (χ3v) is 3.50. The van der Waals surface area contributed by atoms with Gasteiger partial charge in [-0.3, -0.25) is 0 Å². The highest BCUT2D eigenvalue weighted by molar-refractivity contribution is 4.80. The van der Waals surface area contributed by atoms with Gasteiger partial charge in [0.15, 0.2) is 0 Å². The van der Waals surface area contributed by atoms with Gasteiger partial charge in [-0.2, -0.15) is 13.2 Å². The molecule has 0 radical (unpaired) electrons. The zero-order chi connectivity index (χ0) is 13.4. The van der Waals surface area contributed by atoms with E-state index in [0.29, 0.717) is 12.0 Å². The van der Waals surface area contributed by atoms with E-state index in [1.807, 2.05) is 0 Å². The molecule has 5 heteroatoms. The minimum Gasteiger partial charge on any atom is -0.372 e. The van der Waals surface area contributed by atoms with Crippen LogP contribution in [0.2, 0.25) is 0 Å². The second kappa shape index (κ2) is 8.00. The maximum absolute atomic E-state index is 11.9. The van der Waals surface area contributed by atoms with Crippen molar-refractivity contribution in [1.29, 1.82) is 0 Å². The summed E-state index contributed by atoms with van der Waals surface area (Å²) in [5.74, 6) is 0.605. The van der Waals surface area contributed by atoms with E-state index in [4.69, 9.17) is 0 Å². The fraction of sp³-hybridized carbons (Fsp3) is 1.00. The molecule has 0 aromatic carbocycles. The van der Waals surface area contributed by atoms with Crippen LogP contribution in [0.25, 0.3) is 0 Å². The van der Waals surface area contributed by atoms with Crippen LogP contribution in [0.1, 0.15) is 45.4 Å². The Labute approximate surface area is 107 Å². The molecule has 0 aromatic rings. The Morgan fingerprint density at radius 2 is 1.94 bits per heavy atom. The minimum atomic E-state index is -4.20. The first kappa shape index (κ1) is 15.8. The van der Waals surface area contributed by atoms with Gasteiger partial charge in [0.1, 0.15) is 6.61 Å². The number of hydrogen-bond acceptors (Lipinski definition) is 2. The van der Waals surface area contributed by atoms with Crippen LogP contribution in [-0.2, 0) is 4.74 Å². The minimum absolute atomic E-state index is 0.217. The van der Waals surface area contributed by atoms with Gasteiger partial charge in [-0.05, 0) is 38.1 Å². The van der Waals surface area contributed by atoms with Crippen LogP contribution >= 0.6 is 0 Å². The number of rotatable bonds is 7. The third-order valence-electron chi connectivity index (χ3n) is 3.50. The largest absolute Gasteiger partial charge is 0.411 e. The smallest absolute Gasteiger partial charge is 0.372 e. The fourth-order valence-corrected chi connectivity index (χ4v) is 2.72. The summed E-state index contributed by atoms with van der Waals surface area (Å²) < 4.78 is 40.2. The summed E-state index contributed by atoms with van der Waals surface area (Å²) >= 11 is 0. The Hall–Kier alpha value is -0.290. The van der Waals surface area contributed by atoms with Crippen LogP contribution in [0.3, 0.4) is 0 Å². The van der Waals surface area contributed by atoms with Gasteiger partial charge >= 0.3 is 6.18 Å². The Morgan fingerprint density at radius 3 is 2.61 bits per heavy atom. The maximum atomic E-state index is 11.9. The van der Waals surface area contributed by atoms with Gasteiger partial charge in [-0.1, -0.05) is 19.8 Å². The van der Waals surface area contributed by atoms with Gasteiger partial charge in [-0.25, -0.2) is 0 Å². The number of nitrogens with one attached hydrogen (secondary N) is 1. The molecule has 0 bridgehead atoms. The van der Waals surface area contributed by atoms with Gasteiger partial charge in [0.2, 0.25) is 0 Å². The van der Waals surface area contributed by atoms with Crippen molar-refractivity contribution in [3.05, 3.63) is 0 Å². The van der Waals surface area contributed by atoms with E-state index in [9.17, 15) is 13.2 Å².